The molecule has 7 nitrogen and oxygen atoms in total. The summed E-state index contributed by atoms with van der Waals surface area (Å²) in [4.78, 5) is 26.0. The van der Waals surface area contributed by atoms with Crippen molar-refractivity contribution >= 4 is 11.8 Å². The number of hydrogen-bond acceptors (Lipinski definition) is 5. The summed E-state index contributed by atoms with van der Waals surface area (Å²) in [7, 11) is 0. The second-order valence-corrected chi connectivity index (χ2v) is 6.98. The normalized spacial score (nSPS) is 11.8. The Morgan fingerprint density at radius 2 is 1.55 bits per heavy atom. The number of carbonyl (C=O) groups is 2. The summed E-state index contributed by atoms with van der Waals surface area (Å²) in [5, 5.41) is 3.00. The van der Waals surface area contributed by atoms with Gasteiger partial charge in [0.25, 0.3) is 5.91 Å². The van der Waals surface area contributed by atoms with E-state index in [2.05, 4.69) is 24.1 Å². The molecule has 0 aliphatic heterocycles. The van der Waals surface area contributed by atoms with Crippen molar-refractivity contribution in [2.45, 2.75) is 19.9 Å². The van der Waals surface area contributed by atoms with Gasteiger partial charge in [-0.1, -0.05) is 13.8 Å². The van der Waals surface area contributed by atoms with Gasteiger partial charge in [-0.25, -0.2) is 0 Å². The van der Waals surface area contributed by atoms with Crippen molar-refractivity contribution in [1.82, 2.24) is 10.2 Å². The molecule has 0 saturated carbocycles. The molecule has 0 aliphatic carbocycles. The van der Waals surface area contributed by atoms with Gasteiger partial charge in [-0.3, -0.25) is 14.5 Å². The third-order valence-corrected chi connectivity index (χ3v) is 5.07. The zero-order chi connectivity index (χ0) is 22.2. The Balaban J connectivity index is 1.61. The molecule has 0 bridgehead atoms. The van der Waals surface area contributed by atoms with Crippen molar-refractivity contribution in [3.8, 4) is 11.5 Å². The lowest BCUT2D eigenvalue weighted by molar-refractivity contribution is 0.0928. The molecule has 31 heavy (non-hydrogen) atoms. The fourth-order valence-electron chi connectivity index (χ4n) is 3.34. The third-order valence-electron chi connectivity index (χ3n) is 5.07. The third kappa shape index (κ3) is 5.73. The number of primary amides is 1. The van der Waals surface area contributed by atoms with E-state index in [1.165, 1.54) is 0 Å². The van der Waals surface area contributed by atoms with E-state index in [0.717, 1.165) is 18.8 Å². The molecular weight excluding hydrogens is 394 g/mol. The molecule has 1 atom stereocenters. The smallest absolute Gasteiger partial charge is 0.251 e. The molecule has 3 rings (SSSR count). The van der Waals surface area contributed by atoms with Crippen LogP contribution < -0.4 is 15.8 Å². The molecule has 1 unspecified atom stereocenters. The van der Waals surface area contributed by atoms with Crippen molar-refractivity contribution in [3.05, 3.63) is 83.8 Å². The van der Waals surface area contributed by atoms with Gasteiger partial charge in [0.05, 0.1) is 12.3 Å². The Morgan fingerprint density at radius 3 is 2.03 bits per heavy atom. The van der Waals surface area contributed by atoms with Crippen LogP contribution in [0, 0.1) is 0 Å². The predicted molar refractivity (Wildman–Crippen MR) is 118 cm³/mol. The van der Waals surface area contributed by atoms with Crippen LogP contribution in [0.3, 0.4) is 0 Å². The van der Waals surface area contributed by atoms with Crippen molar-refractivity contribution in [2.75, 3.05) is 19.6 Å². The number of furan rings is 1. The summed E-state index contributed by atoms with van der Waals surface area (Å²) in [6, 6.07) is 17.2. The molecule has 3 aromatic rings. The van der Waals surface area contributed by atoms with Crippen LogP contribution in [0.4, 0.5) is 0 Å². The van der Waals surface area contributed by atoms with Crippen LogP contribution in [0.15, 0.2) is 71.3 Å². The van der Waals surface area contributed by atoms with E-state index < -0.39 is 5.91 Å². The van der Waals surface area contributed by atoms with Crippen LogP contribution in [0.25, 0.3) is 0 Å². The fraction of sp³-hybridized carbons (Fsp3) is 0.250. The van der Waals surface area contributed by atoms with Gasteiger partial charge in [-0.05, 0) is 73.8 Å². The van der Waals surface area contributed by atoms with Gasteiger partial charge in [0.15, 0.2) is 0 Å². The van der Waals surface area contributed by atoms with Crippen molar-refractivity contribution in [3.63, 3.8) is 0 Å². The predicted octanol–water partition coefficient (Wildman–Crippen LogP) is 3.98. The molecule has 0 spiro atoms. The van der Waals surface area contributed by atoms with E-state index in [0.29, 0.717) is 29.2 Å². The van der Waals surface area contributed by atoms with Crippen LogP contribution in [0.1, 0.15) is 46.4 Å². The molecule has 2 aromatic carbocycles. The zero-order valence-corrected chi connectivity index (χ0v) is 17.7. The van der Waals surface area contributed by atoms with Gasteiger partial charge in [0.2, 0.25) is 5.91 Å². The van der Waals surface area contributed by atoms with Gasteiger partial charge in [-0.15, -0.1) is 0 Å². The number of hydrogen-bond donors (Lipinski definition) is 2. The topological polar surface area (TPSA) is 97.8 Å². The summed E-state index contributed by atoms with van der Waals surface area (Å²) >= 11 is 0. The fourth-order valence-corrected chi connectivity index (χ4v) is 3.34. The molecule has 7 heteroatoms. The number of likely N-dealkylation sites (N-methyl/N-ethyl adjacent to an activating group) is 1. The number of rotatable bonds is 10. The SMILES string of the molecule is CCN(CC)C(CNC(=O)c1ccc(Oc2ccc(C(N)=O)cc2)cc1)c1ccco1. The molecule has 162 valence electrons. The Labute approximate surface area is 181 Å². The van der Waals surface area contributed by atoms with Gasteiger partial charge in [-0.2, -0.15) is 0 Å². The first-order valence-electron chi connectivity index (χ1n) is 10.2. The Hall–Kier alpha value is -3.58. The molecule has 0 aliphatic rings. The second-order valence-electron chi connectivity index (χ2n) is 6.98. The highest BCUT2D eigenvalue weighted by atomic mass is 16.5. The number of nitrogens with two attached hydrogens (primary N) is 1. The van der Waals surface area contributed by atoms with Gasteiger partial charge in [0, 0.05) is 17.7 Å². The average molecular weight is 421 g/mol. The number of carbonyl (C=O) groups excluding carboxylic acids is 2. The maximum absolute atomic E-state index is 12.6. The van der Waals surface area contributed by atoms with Crippen LogP contribution in [-0.4, -0.2) is 36.3 Å². The monoisotopic (exact) mass is 421 g/mol. The number of nitrogens with zero attached hydrogens (tertiary/aromatic N) is 1. The summed E-state index contributed by atoms with van der Waals surface area (Å²) in [5.74, 6) is 1.33. The molecule has 0 fully saturated rings. The lowest BCUT2D eigenvalue weighted by Crippen LogP contribution is -2.37. The standard InChI is InChI=1S/C24H27N3O4/c1-3-27(4-2)21(22-6-5-15-30-22)16-26-24(29)18-9-13-20(14-10-18)31-19-11-7-17(8-12-19)23(25)28/h5-15,21H,3-4,16H2,1-2H3,(H2,25,28)(H,26,29). The first-order valence-corrected chi connectivity index (χ1v) is 10.2. The summed E-state index contributed by atoms with van der Waals surface area (Å²) < 4.78 is 11.3. The van der Waals surface area contributed by atoms with Crippen molar-refractivity contribution in [2.24, 2.45) is 5.73 Å². The van der Waals surface area contributed by atoms with Crippen LogP contribution in [-0.2, 0) is 0 Å². The van der Waals surface area contributed by atoms with Gasteiger partial charge < -0.3 is 20.2 Å². The van der Waals surface area contributed by atoms with Gasteiger partial charge in [0.1, 0.15) is 17.3 Å². The number of ether oxygens (including phenoxy) is 1. The van der Waals surface area contributed by atoms with Gasteiger partial charge >= 0.3 is 0 Å². The Kier molecular flexibility index (Phi) is 7.45. The van der Waals surface area contributed by atoms with E-state index in [9.17, 15) is 9.59 Å². The quantitative estimate of drug-likeness (QED) is 0.516. The molecule has 0 radical (unpaired) electrons. The zero-order valence-electron chi connectivity index (χ0n) is 17.7. The number of benzene rings is 2. The minimum absolute atomic E-state index is 0.0278. The van der Waals surface area contributed by atoms with E-state index in [4.69, 9.17) is 14.9 Å². The number of amides is 2. The molecule has 1 heterocycles. The molecule has 2 amide bonds. The number of nitrogens with one attached hydrogen (secondary N) is 1. The second kappa shape index (κ2) is 10.4. The molecular formula is C24H27N3O4. The lowest BCUT2D eigenvalue weighted by Gasteiger charge is -2.28. The van der Waals surface area contributed by atoms with E-state index in [1.807, 2.05) is 12.1 Å². The van der Waals surface area contributed by atoms with Crippen LogP contribution in [0.5, 0.6) is 11.5 Å². The highest BCUT2D eigenvalue weighted by Gasteiger charge is 2.21. The van der Waals surface area contributed by atoms with Crippen LogP contribution in [0.2, 0.25) is 0 Å². The van der Waals surface area contributed by atoms with E-state index in [-0.39, 0.29) is 11.9 Å². The van der Waals surface area contributed by atoms with E-state index >= 15 is 0 Å². The summed E-state index contributed by atoms with van der Waals surface area (Å²) in [5.41, 5.74) is 6.19. The molecule has 0 saturated heterocycles. The largest absolute Gasteiger partial charge is 0.468 e. The minimum atomic E-state index is -0.489. The van der Waals surface area contributed by atoms with Crippen LogP contribution >= 0.6 is 0 Å². The lowest BCUT2D eigenvalue weighted by atomic mass is 10.1. The Bertz CT molecular complexity index is 979. The summed E-state index contributed by atoms with van der Waals surface area (Å²) in [6.45, 7) is 6.32. The molecule has 3 N–H and O–H groups in total. The summed E-state index contributed by atoms with van der Waals surface area (Å²) in [6.07, 6.45) is 1.65. The average Bonchev–Trinajstić information content (AvgIpc) is 3.32. The minimum Gasteiger partial charge on any atom is -0.468 e. The maximum atomic E-state index is 12.6. The first-order chi connectivity index (χ1) is 15.0. The van der Waals surface area contributed by atoms with E-state index in [1.54, 1.807) is 54.8 Å². The van der Waals surface area contributed by atoms with Crippen molar-refractivity contribution in [1.29, 1.82) is 0 Å². The maximum Gasteiger partial charge on any atom is 0.251 e. The Morgan fingerprint density at radius 1 is 0.968 bits per heavy atom. The first kappa shape index (κ1) is 22.1. The highest BCUT2D eigenvalue weighted by molar-refractivity contribution is 5.94. The highest BCUT2D eigenvalue weighted by Crippen LogP contribution is 2.23. The van der Waals surface area contributed by atoms with Crippen molar-refractivity contribution < 1.29 is 18.7 Å². The molecule has 1 aromatic heterocycles.